The highest BCUT2D eigenvalue weighted by atomic mass is 16.5. The monoisotopic (exact) mass is 239 g/mol. The third kappa shape index (κ3) is 2.78. The van der Waals surface area contributed by atoms with Gasteiger partial charge in [-0.2, -0.15) is 0 Å². The van der Waals surface area contributed by atoms with Gasteiger partial charge in [0, 0.05) is 6.04 Å². The van der Waals surface area contributed by atoms with Gasteiger partial charge in [0.05, 0.1) is 7.11 Å². The first kappa shape index (κ1) is 13.5. The summed E-state index contributed by atoms with van der Waals surface area (Å²) < 4.78 is 6.56. The van der Waals surface area contributed by atoms with Gasteiger partial charge in [0.1, 0.15) is 11.6 Å². The van der Waals surface area contributed by atoms with Gasteiger partial charge >= 0.3 is 5.97 Å². The van der Waals surface area contributed by atoms with E-state index < -0.39 is 5.97 Å². The highest BCUT2D eigenvalue weighted by Gasteiger charge is 2.21. The van der Waals surface area contributed by atoms with Crippen LogP contribution in [0.25, 0.3) is 0 Å². The number of rotatable bonds is 5. The molecule has 5 heteroatoms. The minimum atomic E-state index is -0.480. The summed E-state index contributed by atoms with van der Waals surface area (Å²) >= 11 is 0. The maximum Gasteiger partial charge on any atom is 0.360 e. The van der Waals surface area contributed by atoms with Gasteiger partial charge in [0.15, 0.2) is 5.69 Å². The lowest BCUT2D eigenvalue weighted by molar-refractivity contribution is 0.0595. The van der Waals surface area contributed by atoms with Crippen molar-refractivity contribution >= 4 is 11.8 Å². The Morgan fingerprint density at radius 1 is 1.59 bits per heavy atom. The van der Waals surface area contributed by atoms with Crippen molar-refractivity contribution in [1.82, 2.24) is 9.55 Å². The zero-order valence-corrected chi connectivity index (χ0v) is 11.0. The van der Waals surface area contributed by atoms with E-state index in [2.05, 4.69) is 23.6 Å². The number of carbonyl (C=O) groups excluding carboxylic acids is 1. The first-order valence-corrected chi connectivity index (χ1v) is 5.95. The second-order valence-corrected chi connectivity index (χ2v) is 4.25. The normalized spacial score (nSPS) is 12.5. The smallest absolute Gasteiger partial charge is 0.360 e. The number of imidazole rings is 1. The number of ether oxygens (including phenoxy) is 1. The molecule has 0 saturated carbocycles. The summed E-state index contributed by atoms with van der Waals surface area (Å²) in [6, 6.07) is 0.251. The number of aromatic nitrogens is 2. The molecule has 1 aromatic rings. The van der Waals surface area contributed by atoms with E-state index in [-0.39, 0.29) is 11.7 Å². The van der Waals surface area contributed by atoms with Crippen LogP contribution in [-0.2, 0) is 4.74 Å². The molecule has 1 rings (SSSR count). The molecular weight excluding hydrogens is 218 g/mol. The maximum absolute atomic E-state index is 11.5. The number of nitrogens with zero attached hydrogens (tertiary/aromatic N) is 2. The number of nitrogen functional groups attached to an aromatic ring is 1. The fourth-order valence-corrected chi connectivity index (χ4v) is 1.99. The molecule has 2 N–H and O–H groups in total. The van der Waals surface area contributed by atoms with E-state index in [0.29, 0.717) is 5.82 Å². The van der Waals surface area contributed by atoms with Gasteiger partial charge in [-0.3, -0.25) is 0 Å². The highest BCUT2D eigenvalue weighted by Crippen LogP contribution is 2.24. The Morgan fingerprint density at radius 2 is 2.24 bits per heavy atom. The van der Waals surface area contributed by atoms with Crippen LogP contribution in [0.3, 0.4) is 0 Å². The standard InChI is InChI=1S/C12H21N3O2/c1-5-6-7-8(2)15-9(3)14-10(11(15)13)12(16)17-4/h8H,5-7,13H2,1-4H3. The molecule has 0 aliphatic rings. The van der Waals surface area contributed by atoms with Crippen LogP contribution in [0, 0.1) is 6.92 Å². The molecule has 1 atom stereocenters. The summed E-state index contributed by atoms with van der Waals surface area (Å²) in [5, 5.41) is 0. The molecule has 5 nitrogen and oxygen atoms in total. The Morgan fingerprint density at radius 3 is 2.76 bits per heavy atom. The molecule has 0 radical (unpaired) electrons. The number of anilines is 1. The van der Waals surface area contributed by atoms with Crippen molar-refractivity contribution in [1.29, 1.82) is 0 Å². The number of aryl methyl sites for hydroxylation is 1. The Hall–Kier alpha value is -1.52. The summed E-state index contributed by atoms with van der Waals surface area (Å²) in [4.78, 5) is 15.6. The third-order valence-corrected chi connectivity index (χ3v) is 2.92. The molecule has 0 aliphatic heterocycles. The van der Waals surface area contributed by atoms with Crippen molar-refractivity contribution in [2.45, 2.75) is 46.1 Å². The zero-order chi connectivity index (χ0) is 13.0. The van der Waals surface area contributed by atoms with E-state index in [1.54, 1.807) is 0 Å². The van der Waals surface area contributed by atoms with Crippen LogP contribution in [0.1, 0.15) is 55.5 Å². The van der Waals surface area contributed by atoms with E-state index in [0.717, 1.165) is 25.1 Å². The summed E-state index contributed by atoms with van der Waals surface area (Å²) in [5.74, 6) is 0.677. The van der Waals surface area contributed by atoms with Gasteiger partial charge in [-0.25, -0.2) is 9.78 Å². The van der Waals surface area contributed by atoms with Gasteiger partial charge in [0.25, 0.3) is 0 Å². The zero-order valence-electron chi connectivity index (χ0n) is 11.0. The van der Waals surface area contributed by atoms with Gasteiger partial charge in [-0.1, -0.05) is 19.8 Å². The number of unbranched alkanes of at least 4 members (excludes halogenated alkanes) is 1. The maximum atomic E-state index is 11.5. The van der Waals surface area contributed by atoms with Crippen LogP contribution < -0.4 is 5.73 Å². The molecule has 0 fully saturated rings. The van der Waals surface area contributed by atoms with Crippen LogP contribution in [0.15, 0.2) is 0 Å². The SMILES string of the molecule is CCCCC(C)n1c(C)nc(C(=O)OC)c1N. The molecule has 0 saturated heterocycles. The lowest BCUT2D eigenvalue weighted by Gasteiger charge is -2.16. The Kier molecular flexibility index (Phi) is 4.54. The average Bonchev–Trinajstić information content (AvgIpc) is 2.61. The van der Waals surface area contributed by atoms with Crippen LogP contribution >= 0.6 is 0 Å². The molecule has 17 heavy (non-hydrogen) atoms. The first-order valence-electron chi connectivity index (χ1n) is 5.95. The Labute approximate surface area is 102 Å². The number of hydrogen-bond acceptors (Lipinski definition) is 4. The number of esters is 1. The first-order chi connectivity index (χ1) is 8.02. The summed E-state index contributed by atoms with van der Waals surface area (Å²) in [6.07, 6.45) is 3.30. The highest BCUT2D eigenvalue weighted by molar-refractivity contribution is 5.92. The molecule has 0 bridgehead atoms. The van der Waals surface area contributed by atoms with E-state index in [1.807, 2.05) is 11.5 Å². The predicted octanol–water partition coefficient (Wildman–Crippen LogP) is 2.31. The van der Waals surface area contributed by atoms with Crippen molar-refractivity contribution in [2.24, 2.45) is 0 Å². The molecule has 0 aliphatic carbocycles. The number of hydrogen-bond donors (Lipinski definition) is 1. The molecule has 1 aromatic heterocycles. The topological polar surface area (TPSA) is 70.1 Å². The van der Waals surface area contributed by atoms with Crippen molar-refractivity contribution in [3.8, 4) is 0 Å². The third-order valence-electron chi connectivity index (χ3n) is 2.92. The second-order valence-electron chi connectivity index (χ2n) is 4.25. The number of nitrogens with two attached hydrogens (primary N) is 1. The molecule has 1 heterocycles. The van der Waals surface area contributed by atoms with E-state index in [1.165, 1.54) is 7.11 Å². The minimum absolute atomic E-state index is 0.216. The summed E-state index contributed by atoms with van der Waals surface area (Å²) in [7, 11) is 1.33. The Bertz CT molecular complexity index is 399. The summed E-state index contributed by atoms with van der Waals surface area (Å²) in [6.45, 7) is 6.09. The summed E-state index contributed by atoms with van der Waals surface area (Å²) in [5.41, 5.74) is 6.17. The molecule has 0 spiro atoms. The van der Waals surface area contributed by atoms with Gasteiger partial charge < -0.3 is 15.0 Å². The quantitative estimate of drug-likeness (QED) is 0.800. The predicted molar refractivity (Wildman–Crippen MR) is 67.0 cm³/mol. The van der Waals surface area contributed by atoms with Gasteiger partial charge in [-0.15, -0.1) is 0 Å². The second kappa shape index (κ2) is 5.70. The van der Waals surface area contributed by atoms with Crippen LogP contribution in [0.2, 0.25) is 0 Å². The van der Waals surface area contributed by atoms with Crippen molar-refractivity contribution < 1.29 is 9.53 Å². The largest absolute Gasteiger partial charge is 0.464 e. The van der Waals surface area contributed by atoms with Gasteiger partial charge in [0.2, 0.25) is 0 Å². The fourth-order valence-electron chi connectivity index (χ4n) is 1.99. The van der Waals surface area contributed by atoms with Gasteiger partial charge in [-0.05, 0) is 20.3 Å². The molecule has 1 unspecified atom stereocenters. The molecular formula is C12H21N3O2. The van der Waals surface area contributed by atoms with Crippen molar-refractivity contribution in [3.63, 3.8) is 0 Å². The van der Waals surface area contributed by atoms with Crippen LogP contribution in [0.4, 0.5) is 5.82 Å². The molecule has 96 valence electrons. The molecule has 0 amide bonds. The average molecular weight is 239 g/mol. The number of methoxy groups -OCH3 is 1. The molecule has 0 aromatic carbocycles. The Balaban J connectivity index is 3.00. The van der Waals surface area contributed by atoms with Crippen LogP contribution in [-0.4, -0.2) is 22.6 Å². The lowest BCUT2D eigenvalue weighted by Crippen LogP contribution is -2.12. The van der Waals surface area contributed by atoms with E-state index in [4.69, 9.17) is 5.73 Å². The van der Waals surface area contributed by atoms with Crippen LogP contribution in [0.5, 0.6) is 0 Å². The minimum Gasteiger partial charge on any atom is -0.464 e. The fraction of sp³-hybridized carbons (Fsp3) is 0.667. The van der Waals surface area contributed by atoms with E-state index >= 15 is 0 Å². The van der Waals surface area contributed by atoms with E-state index in [9.17, 15) is 4.79 Å². The van der Waals surface area contributed by atoms with Crippen molar-refractivity contribution in [2.75, 3.05) is 12.8 Å². The lowest BCUT2D eigenvalue weighted by atomic mass is 10.1. The van der Waals surface area contributed by atoms with Crippen molar-refractivity contribution in [3.05, 3.63) is 11.5 Å². The number of carbonyl (C=O) groups is 1.